The van der Waals surface area contributed by atoms with Gasteiger partial charge in [0.1, 0.15) is 0 Å². The zero-order valence-electron chi connectivity index (χ0n) is 16.7. The molecule has 0 unspecified atom stereocenters. The van der Waals surface area contributed by atoms with Crippen LogP contribution in [0.15, 0.2) is 76.5 Å². The fraction of sp³-hybridized carbons (Fsp3) is 0.250. The van der Waals surface area contributed by atoms with Crippen LogP contribution < -0.4 is 5.43 Å². The molecule has 4 rings (SSSR count). The second-order valence-corrected chi connectivity index (χ2v) is 7.64. The van der Waals surface area contributed by atoms with Crippen molar-refractivity contribution in [2.24, 2.45) is 5.10 Å². The Morgan fingerprint density at radius 2 is 1.77 bits per heavy atom. The van der Waals surface area contributed by atoms with E-state index >= 15 is 0 Å². The number of rotatable bonds is 5. The second-order valence-electron chi connectivity index (χ2n) is 7.23. The highest BCUT2D eigenvalue weighted by Gasteiger charge is 2.25. The number of nitrogens with one attached hydrogen (secondary N) is 1. The van der Waals surface area contributed by atoms with Crippen LogP contribution in [-0.2, 0) is 4.74 Å². The Labute approximate surface area is 181 Å². The van der Waals surface area contributed by atoms with Crippen molar-refractivity contribution in [1.29, 1.82) is 0 Å². The van der Waals surface area contributed by atoms with Crippen LogP contribution in [0.5, 0.6) is 0 Å². The Kier molecular flexibility index (Phi) is 6.62. The van der Waals surface area contributed by atoms with Gasteiger partial charge in [-0.15, -0.1) is 0 Å². The molecule has 2 aliphatic rings. The third-order valence-electron chi connectivity index (χ3n) is 5.24. The normalized spacial score (nSPS) is 18.4. The molecule has 1 aliphatic heterocycles. The molecular formula is C24H24ClN3O2. The summed E-state index contributed by atoms with van der Waals surface area (Å²) in [6.45, 7) is 3.14. The van der Waals surface area contributed by atoms with Gasteiger partial charge in [-0.05, 0) is 47.8 Å². The maximum Gasteiger partial charge on any atom is 0.272 e. The molecule has 5 nitrogen and oxygen atoms in total. The summed E-state index contributed by atoms with van der Waals surface area (Å²) in [4.78, 5) is 14.7. The molecule has 1 saturated heterocycles. The van der Waals surface area contributed by atoms with E-state index in [1.54, 1.807) is 30.5 Å². The lowest BCUT2D eigenvalue weighted by molar-refractivity contribution is 0.0548. The Bertz CT molecular complexity index is 993. The van der Waals surface area contributed by atoms with Crippen molar-refractivity contribution in [2.75, 3.05) is 26.3 Å². The Morgan fingerprint density at radius 1 is 1.03 bits per heavy atom. The van der Waals surface area contributed by atoms with Gasteiger partial charge in [-0.2, -0.15) is 5.10 Å². The van der Waals surface area contributed by atoms with Gasteiger partial charge in [-0.3, -0.25) is 4.79 Å². The van der Waals surface area contributed by atoms with Crippen molar-refractivity contribution in [3.8, 4) is 0 Å². The first kappa shape index (κ1) is 20.4. The average molecular weight is 422 g/mol. The number of nitrogens with zero attached hydrogens (tertiary/aromatic N) is 2. The van der Waals surface area contributed by atoms with Crippen molar-refractivity contribution in [1.82, 2.24) is 10.3 Å². The summed E-state index contributed by atoms with van der Waals surface area (Å²) in [6.07, 6.45) is 5.84. The van der Waals surface area contributed by atoms with E-state index in [4.69, 9.17) is 16.3 Å². The molecule has 1 fully saturated rings. The van der Waals surface area contributed by atoms with Gasteiger partial charge in [0.15, 0.2) is 0 Å². The number of halogens is 1. The fourth-order valence-electron chi connectivity index (χ4n) is 3.80. The summed E-state index contributed by atoms with van der Waals surface area (Å²) in [7, 11) is 0. The zero-order valence-corrected chi connectivity index (χ0v) is 17.4. The molecule has 1 N–H and O–H groups in total. The van der Waals surface area contributed by atoms with Crippen LogP contribution >= 0.6 is 11.6 Å². The Balaban J connectivity index is 1.57. The number of hydrogen-bond donors (Lipinski definition) is 1. The van der Waals surface area contributed by atoms with Gasteiger partial charge >= 0.3 is 0 Å². The smallest absolute Gasteiger partial charge is 0.272 e. The van der Waals surface area contributed by atoms with Crippen LogP contribution in [0, 0.1) is 0 Å². The van der Waals surface area contributed by atoms with Crippen LogP contribution in [0.2, 0.25) is 5.02 Å². The quantitative estimate of drug-likeness (QED) is 0.570. The average Bonchev–Trinajstić information content (AvgIpc) is 3.17. The summed E-state index contributed by atoms with van der Waals surface area (Å²) >= 11 is 6.10. The van der Waals surface area contributed by atoms with E-state index in [1.807, 2.05) is 18.2 Å². The molecule has 0 spiro atoms. The van der Waals surface area contributed by atoms with Crippen molar-refractivity contribution < 1.29 is 9.53 Å². The highest BCUT2D eigenvalue weighted by Crippen LogP contribution is 2.35. The van der Waals surface area contributed by atoms with Crippen LogP contribution in [0.3, 0.4) is 0 Å². The van der Waals surface area contributed by atoms with Crippen molar-refractivity contribution in [3.05, 3.63) is 87.6 Å². The molecule has 0 atom stereocenters. The molecule has 0 saturated carbocycles. The van der Waals surface area contributed by atoms with E-state index in [2.05, 4.69) is 33.6 Å². The first-order valence-corrected chi connectivity index (χ1v) is 10.5. The van der Waals surface area contributed by atoms with Crippen molar-refractivity contribution in [2.45, 2.75) is 12.8 Å². The third kappa shape index (κ3) is 4.81. The summed E-state index contributed by atoms with van der Waals surface area (Å²) in [5.41, 5.74) is 7.82. The van der Waals surface area contributed by atoms with Crippen molar-refractivity contribution in [3.63, 3.8) is 0 Å². The van der Waals surface area contributed by atoms with E-state index in [9.17, 15) is 4.79 Å². The van der Waals surface area contributed by atoms with Crippen molar-refractivity contribution >= 4 is 29.8 Å². The molecule has 1 heterocycles. The predicted octanol–water partition coefficient (Wildman–Crippen LogP) is 4.52. The molecule has 1 aliphatic carbocycles. The van der Waals surface area contributed by atoms with Crippen LogP contribution in [0.4, 0.5) is 0 Å². The minimum atomic E-state index is -0.316. The lowest BCUT2D eigenvalue weighted by atomic mass is 10.1. The first-order valence-electron chi connectivity index (χ1n) is 10.1. The second kappa shape index (κ2) is 9.74. The zero-order chi connectivity index (χ0) is 20.8. The molecule has 0 aromatic heterocycles. The largest absolute Gasteiger partial charge is 0.378 e. The number of hydrazone groups is 1. The van der Waals surface area contributed by atoms with Gasteiger partial charge in [-0.1, -0.05) is 54.1 Å². The number of carbonyl (C=O) groups excluding carboxylic acids is 1. The van der Waals surface area contributed by atoms with E-state index in [0.29, 0.717) is 10.6 Å². The molecule has 154 valence electrons. The van der Waals surface area contributed by atoms with Crippen LogP contribution in [0.1, 0.15) is 28.8 Å². The monoisotopic (exact) mass is 421 g/mol. The molecule has 2 aromatic carbocycles. The predicted molar refractivity (Wildman–Crippen MR) is 120 cm³/mol. The standard InChI is InChI=1S/C24H24ClN3O2/c25-22-9-5-4-8-21(22)24(29)27-26-17-20-11-10-19(16-18-6-2-1-3-7-18)23(20)28-12-14-30-15-13-28/h1-9,16-17H,10-15H2,(H,27,29)/b19-16+,26-17-. The maximum atomic E-state index is 12.4. The van der Waals surface area contributed by atoms with Crippen LogP contribution in [-0.4, -0.2) is 43.3 Å². The number of morpholine rings is 1. The highest BCUT2D eigenvalue weighted by atomic mass is 35.5. The summed E-state index contributed by atoms with van der Waals surface area (Å²) in [5.74, 6) is -0.316. The Morgan fingerprint density at radius 3 is 2.53 bits per heavy atom. The fourth-order valence-corrected chi connectivity index (χ4v) is 4.02. The Hall–Kier alpha value is -2.89. The molecule has 0 bridgehead atoms. The summed E-state index contributed by atoms with van der Waals surface area (Å²) in [5, 5.41) is 4.64. The van der Waals surface area contributed by atoms with E-state index in [0.717, 1.165) is 44.7 Å². The number of amides is 1. The molecular weight excluding hydrogens is 398 g/mol. The lowest BCUT2D eigenvalue weighted by Gasteiger charge is -2.31. The maximum absolute atomic E-state index is 12.4. The third-order valence-corrected chi connectivity index (χ3v) is 5.57. The molecule has 1 amide bonds. The minimum absolute atomic E-state index is 0.316. The molecule has 2 aromatic rings. The van der Waals surface area contributed by atoms with Gasteiger partial charge in [0, 0.05) is 18.8 Å². The van der Waals surface area contributed by atoms with Crippen LogP contribution in [0.25, 0.3) is 6.08 Å². The number of carbonyl (C=O) groups is 1. The van der Waals surface area contributed by atoms with Gasteiger partial charge in [-0.25, -0.2) is 5.43 Å². The lowest BCUT2D eigenvalue weighted by Crippen LogP contribution is -2.36. The van der Waals surface area contributed by atoms with Gasteiger partial charge < -0.3 is 9.64 Å². The number of allylic oxidation sites excluding steroid dienone is 2. The summed E-state index contributed by atoms with van der Waals surface area (Å²) < 4.78 is 5.53. The molecule has 6 heteroatoms. The van der Waals surface area contributed by atoms with E-state index in [1.165, 1.54) is 16.8 Å². The number of benzene rings is 2. The number of hydrogen-bond acceptors (Lipinski definition) is 4. The van der Waals surface area contributed by atoms with Gasteiger partial charge in [0.25, 0.3) is 5.91 Å². The summed E-state index contributed by atoms with van der Waals surface area (Å²) in [6, 6.07) is 17.3. The SMILES string of the molecule is O=C(N/N=C\C1=C(N2CCOCC2)C(=C/c2ccccc2)/CC1)c1ccccc1Cl. The van der Waals surface area contributed by atoms with Gasteiger partial charge in [0.05, 0.1) is 30.0 Å². The van der Waals surface area contributed by atoms with Gasteiger partial charge in [0.2, 0.25) is 0 Å². The molecule has 30 heavy (non-hydrogen) atoms. The highest BCUT2D eigenvalue weighted by molar-refractivity contribution is 6.33. The number of ether oxygens (including phenoxy) is 1. The van der Waals surface area contributed by atoms with E-state index in [-0.39, 0.29) is 5.91 Å². The first-order chi connectivity index (χ1) is 14.7. The molecule has 0 radical (unpaired) electrons. The topological polar surface area (TPSA) is 53.9 Å². The minimum Gasteiger partial charge on any atom is -0.378 e. The van der Waals surface area contributed by atoms with E-state index < -0.39 is 0 Å².